The highest BCUT2D eigenvalue weighted by Crippen LogP contribution is 2.22. The number of nitrogens with zero attached hydrogens (tertiary/aromatic N) is 1. The maximum Gasteiger partial charge on any atom is 0.233 e. The molecule has 1 saturated heterocycles. The van der Waals surface area contributed by atoms with Crippen LogP contribution in [0.15, 0.2) is 0 Å². The zero-order valence-electron chi connectivity index (χ0n) is 10.4. The van der Waals surface area contributed by atoms with Crippen LogP contribution in [-0.2, 0) is 9.53 Å². The highest BCUT2D eigenvalue weighted by Gasteiger charge is 2.26. The van der Waals surface area contributed by atoms with Gasteiger partial charge >= 0.3 is 0 Å². The molecule has 2 atom stereocenters. The average Bonchev–Trinajstić information content (AvgIpc) is 2.77. The van der Waals surface area contributed by atoms with Crippen molar-refractivity contribution in [3.63, 3.8) is 0 Å². The average molecular weight is 239 g/mol. The number of carbonyl (C=O) groups excluding carboxylic acids is 1. The summed E-state index contributed by atoms with van der Waals surface area (Å²) in [6, 6.07) is 1.99. The van der Waals surface area contributed by atoms with Crippen molar-refractivity contribution < 1.29 is 9.53 Å². The van der Waals surface area contributed by atoms with Crippen molar-refractivity contribution in [2.24, 2.45) is 5.92 Å². The smallest absolute Gasteiger partial charge is 0.233 e. The maximum absolute atomic E-state index is 11.3. The van der Waals surface area contributed by atoms with Crippen molar-refractivity contribution in [2.75, 3.05) is 26.2 Å². The molecule has 1 heterocycles. The predicted octanol–water partition coefficient (Wildman–Crippen LogP) is 0.421. The van der Waals surface area contributed by atoms with Gasteiger partial charge in [0.15, 0.2) is 0 Å². The molecule has 5 heteroatoms. The number of carbonyl (C=O) groups is 1. The van der Waals surface area contributed by atoms with Gasteiger partial charge in [-0.05, 0) is 18.8 Å². The Bertz CT molecular complexity index is 275. The molecule has 96 valence electrons. The minimum Gasteiger partial charge on any atom is -0.378 e. The summed E-state index contributed by atoms with van der Waals surface area (Å²) >= 11 is 0. The lowest BCUT2D eigenvalue weighted by atomic mass is 10.00. The lowest BCUT2D eigenvalue weighted by Gasteiger charge is -2.17. The molecule has 2 unspecified atom stereocenters. The first-order valence-corrected chi connectivity index (χ1v) is 6.24. The second-order valence-electron chi connectivity index (χ2n) is 4.26. The molecule has 0 spiro atoms. The Morgan fingerprint density at radius 2 is 2.41 bits per heavy atom. The molecule has 1 amide bonds. The Morgan fingerprint density at radius 3 is 3.12 bits per heavy atom. The Labute approximate surface area is 103 Å². The summed E-state index contributed by atoms with van der Waals surface area (Å²) in [5.74, 6) is 0.471. The molecule has 1 aliphatic rings. The molecule has 1 aliphatic heterocycles. The van der Waals surface area contributed by atoms with E-state index in [1.54, 1.807) is 0 Å². The summed E-state index contributed by atoms with van der Waals surface area (Å²) in [5, 5.41) is 14.1. The highest BCUT2D eigenvalue weighted by molar-refractivity contribution is 5.77. The standard InChI is InChI=1S/C12H21N3O2/c1-2-11-10(4-7-17-11)8-14-9-12(16)15-6-3-5-13/h10-11,14H,2-4,6-9H2,1H3,(H,15,16). The fraction of sp³-hybridized carbons (Fsp3) is 0.833. The Balaban J connectivity index is 2.07. The first-order chi connectivity index (χ1) is 8.27. The highest BCUT2D eigenvalue weighted by atomic mass is 16.5. The fourth-order valence-corrected chi connectivity index (χ4v) is 2.07. The van der Waals surface area contributed by atoms with Crippen molar-refractivity contribution >= 4 is 5.91 Å². The monoisotopic (exact) mass is 239 g/mol. The minimum atomic E-state index is -0.0489. The van der Waals surface area contributed by atoms with Crippen LogP contribution >= 0.6 is 0 Å². The van der Waals surface area contributed by atoms with Gasteiger partial charge in [-0.2, -0.15) is 5.26 Å². The molecular formula is C12H21N3O2. The van der Waals surface area contributed by atoms with Crippen molar-refractivity contribution in [1.82, 2.24) is 10.6 Å². The third-order valence-electron chi connectivity index (χ3n) is 3.00. The molecule has 0 radical (unpaired) electrons. The topological polar surface area (TPSA) is 74.2 Å². The fourth-order valence-electron chi connectivity index (χ4n) is 2.07. The second-order valence-corrected chi connectivity index (χ2v) is 4.26. The number of ether oxygens (including phenoxy) is 1. The SMILES string of the molecule is CCC1OCCC1CNCC(=O)NCCC#N. The normalized spacial score (nSPS) is 23.3. The zero-order chi connectivity index (χ0) is 12.5. The van der Waals surface area contributed by atoms with E-state index in [1.165, 1.54) is 0 Å². The molecule has 0 aromatic heterocycles. The molecule has 0 saturated carbocycles. The van der Waals surface area contributed by atoms with E-state index in [0.29, 0.717) is 31.5 Å². The molecule has 0 aromatic carbocycles. The van der Waals surface area contributed by atoms with Crippen LogP contribution in [0.1, 0.15) is 26.2 Å². The van der Waals surface area contributed by atoms with Gasteiger partial charge in [-0.25, -0.2) is 0 Å². The van der Waals surface area contributed by atoms with Gasteiger partial charge < -0.3 is 15.4 Å². The van der Waals surface area contributed by atoms with Crippen LogP contribution in [-0.4, -0.2) is 38.3 Å². The molecular weight excluding hydrogens is 218 g/mol. The van der Waals surface area contributed by atoms with Gasteiger partial charge in [-0.1, -0.05) is 6.92 Å². The molecule has 1 fully saturated rings. The third-order valence-corrected chi connectivity index (χ3v) is 3.00. The number of hydrogen-bond acceptors (Lipinski definition) is 4. The predicted molar refractivity (Wildman–Crippen MR) is 64.2 cm³/mol. The summed E-state index contributed by atoms with van der Waals surface area (Å²) < 4.78 is 5.58. The van der Waals surface area contributed by atoms with Crippen LogP contribution in [0.4, 0.5) is 0 Å². The number of nitriles is 1. The number of nitrogens with one attached hydrogen (secondary N) is 2. The lowest BCUT2D eigenvalue weighted by molar-refractivity contribution is -0.120. The van der Waals surface area contributed by atoms with Crippen molar-refractivity contribution in [2.45, 2.75) is 32.3 Å². The van der Waals surface area contributed by atoms with Gasteiger partial charge in [0.2, 0.25) is 5.91 Å². The van der Waals surface area contributed by atoms with Gasteiger partial charge in [-0.15, -0.1) is 0 Å². The first kappa shape index (κ1) is 13.9. The molecule has 17 heavy (non-hydrogen) atoms. The van der Waals surface area contributed by atoms with E-state index < -0.39 is 0 Å². The summed E-state index contributed by atoms with van der Waals surface area (Å²) in [6.45, 7) is 4.53. The van der Waals surface area contributed by atoms with Crippen molar-refractivity contribution in [1.29, 1.82) is 5.26 Å². The molecule has 2 N–H and O–H groups in total. The second kappa shape index (κ2) is 8.04. The van der Waals surface area contributed by atoms with Gasteiger partial charge in [0.1, 0.15) is 0 Å². The zero-order valence-corrected chi connectivity index (χ0v) is 10.4. The summed E-state index contributed by atoms with van der Waals surface area (Å²) in [4.78, 5) is 11.3. The van der Waals surface area contributed by atoms with Gasteiger partial charge in [0.05, 0.1) is 25.1 Å². The third kappa shape index (κ3) is 5.16. The summed E-state index contributed by atoms with van der Waals surface area (Å²) in [7, 11) is 0. The lowest BCUT2D eigenvalue weighted by Crippen LogP contribution is -2.37. The molecule has 0 aliphatic carbocycles. The largest absolute Gasteiger partial charge is 0.378 e. The number of hydrogen-bond donors (Lipinski definition) is 2. The van der Waals surface area contributed by atoms with Crippen molar-refractivity contribution in [3.8, 4) is 6.07 Å². The van der Waals surface area contributed by atoms with E-state index in [2.05, 4.69) is 17.6 Å². The number of amides is 1. The van der Waals surface area contributed by atoms with Crippen LogP contribution in [0, 0.1) is 17.2 Å². The molecule has 5 nitrogen and oxygen atoms in total. The van der Waals surface area contributed by atoms with E-state index in [4.69, 9.17) is 10.00 Å². The summed E-state index contributed by atoms with van der Waals surface area (Å²) in [6.07, 6.45) is 2.80. The quantitative estimate of drug-likeness (QED) is 0.631. The van der Waals surface area contributed by atoms with E-state index in [0.717, 1.165) is 26.0 Å². The first-order valence-electron chi connectivity index (χ1n) is 6.24. The van der Waals surface area contributed by atoms with E-state index in [-0.39, 0.29) is 5.91 Å². The van der Waals surface area contributed by atoms with Crippen LogP contribution in [0.5, 0.6) is 0 Å². The van der Waals surface area contributed by atoms with Gasteiger partial charge in [0.25, 0.3) is 0 Å². The van der Waals surface area contributed by atoms with Crippen LogP contribution in [0.3, 0.4) is 0 Å². The molecule has 1 rings (SSSR count). The van der Waals surface area contributed by atoms with Gasteiger partial charge in [0, 0.05) is 19.7 Å². The molecule has 0 aromatic rings. The maximum atomic E-state index is 11.3. The minimum absolute atomic E-state index is 0.0489. The Morgan fingerprint density at radius 1 is 1.59 bits per heavy atom. The van der Waals surface area contributed by atoms with Crippen molar-refractivity contribution in [3.05, 3.63) is 0 Å². The van der Waals surface area contributed by atoms with E-state index >= 15 is 0 Å². The van der Waals surface area contributed by atoms with Crippen LogP contribution in [0.2, 0.25) is 0 Å². The van der Waals surface area contributed by atoms with E-state index in [9.17, 15) is 4.79 Å². The van der Waals surface area contributed by atoms with Crippen LogP contribution in [0.25, 0.3) is 0 Å². The van der Waals surface area contributed by atoms with Gasteiger partial charge in [-0.3, -0.25) is 4.79 Å². The number of rotatable bonds is 7. The molecule has 0 bridgehead atoms. The Hall–Kier alpha value is -1.12. The van der Waals surface area contributed by atoms with E-state index in [1.807, 2.05) is 6.07 Å². The Kier molecular flexibility index (Phi) is 6.60. The van der Waals surface area contributed by atoms with Crippen LogP contribution < -0.4 is 10.6 Å². The summed E-state index contributed by atoms with van der Waals surface area (Å²) in [5.41, 5.74) is 0.